The predicted octanol–water partition coefficient (Wildman–Crippen LogP) is 7.97. The summed E-state index contributed by atoms with van der Waals surface area (Å²) in [6, 6.07) is 30.3. The van der Waals surface area contributed by atoms with Crippen LogP contribution >= 0.6 is 0 Å². The van der Waals surface area contributed by atoms with E-state index >= 15 is 0 Å². The first kappa shape index (κ1) is 27.6. The van der Waals surface area contributed by atoms with E-state index in [2.05, 4.69) is 0 Å². The van der Waals surface area contributed by atoms with Gasteiger partial charge in [0.15, 0.2) is 5.76 Å². The van der Waals surface area contributed by atoms with Crippen LogP contribution in [0.5, 0.6) is 23.0 Å². The molecular formula is C35H32O6. The largest absolute Gasteiger partial charge is 0.497 e. The monoisotopic (exact) mass is 548 g/mol. The minimum absolute atomic E-state index is 0.108. The maximum Gasteiger partial charge on any atom is 0.239 e. The molecule has 0 aliphatic heterocycles. The Labute approximate surface area is 239 Å². The van der Waals surface area contributed by atoms with E-state index in [0.29, 0.717) is 52.8 Å². The van der Waals surface area contributed by atoms with Crippen LogP contribution in [0.3, 0.4) is 0 Å². The van der Waals surface area contributed by atoms with E-state index in [4.69, 9.17) is 23.4 Å². The predicted molar refractivity (Wildman–Crippen MR) is 161 cm³/mol. The van der Waals surface area contributed by atoms with E-state index in [9.17, 15) is 4.79 Å². The summed E-state index contributed by atoms with van der Waals surface area (Å²) in [6.45, 7) is 4.83. The normalized spacial score (nSPS) is 10.7. The molecule has 4 aromatic carbocycles. The molecular weight excluding hydrogens is 516 g/mol. The van der Waals surface area contributed by atoms with Crippen LogP contribution in [0, 0.1) is 0 Å². The molecule has 41 heavy (non-hydrogen) atoms. The third kappa shape index (κ3) is 6.79. The molecule has 0 radical (unpaired) electrons. The maximum absolute atomic E-state index is 14.1. The van der Waals surface area contributed by atoms with Gasteiger partial charge in [-0.2, -0.15) is 0 Å². The van der Waals surface area contributed by atoms with Crippen molar-refractivity contribution < 1.29 is 23.4 Å². The van der Waals surface area contributed by atoms with Gasteiger partial charge in [-0.1, -0.05) is 66.2 Å². The van der Waals surface area contributed by atoms with Gasteiger partial charge in [-0.05, 0) is 55.3 Å². The number of rotatable bonds is 11. The number of fused-ring (bicyclic) bond motifs is 1. The minimum Gasteiger partial charge on any atom is -0.497 e. The van der Waals surface area contributed by atoms with Crippen molar-refractivity contribution in [1.29, 1.82) is 0 Å². The summed E-state index contributed by atoms with van der Waals surface area (Å²) >= 11 is 0. The summed E-state index contributed by atoms with van der Waals surface area (Å²) < 4.78 is 30.2. The van der Waals surface area contributed by atoms with E-state index in [1.807, 2.05) is 105 Å². The Morgan fingerprint density at radius 3 is 2.00 bits per heavy atom. The molecule has 0 atom stereocenters. The lowest BCUT2D eigenvalue weighted by Gasteiger charge is -2.15. The second kappa shape index (κ2) is 12.9. The van der Waals surface area contributed by atoms with Crippen molar-refractivity contribution in [2.45, 2.75) is 27.1 Å². The summed E-state index contributed by atoms with van der Waals surface area (Å²) in [5.74, 6) is 2.00. The molecule has 1 heterocycles. The van der Waals surface area contributed by atoms with Crippen molar-refractivity contribution in [2.75, 3.05) is 13.7 Å². The Kier molecular flexibility index (Phi) is 8.70. The van der Waals surface area contributed by atoms with Crippen LogP contribution < -0.4 is 24.4 Å². The van der Waals surface area contributed by atoms with Crippen molar-refractivity contribution in [1.82, 2.24) is 0 Å². The van der Waals surface area contributed by atoms with Crippen molar-refractivity contribution in [3.63, 3.8) is 0 Å². The van der Waals surface area contributed by atoms with Gasteiger partial charge in [-0.25, -0.2) is 0 Å². The van der Waals surface area contributed by atoms with E-state index in [1.54, 1.807) is 19.2 Å². The minimum atomic E-state index is -0.324. The highest BCUT2D eigenvalue weighted by Gasteiger charge is 2.22. The van der Waals surface area contributed by atoms with E-state index in [1.165, 1.54) is 0 Å². The van der Waals surface area contributed by atoms with Crippen molar-refractivity contribution in [3.8, 4) is 34.3 Å². The molecule has 0 unspecified atom stereocenters. The molecule has 0 bridgehead atoms. The SMILES string of the molecule is COc1ccc(-c2oc3cc(OCc4ccccc4)cc(OCC=C(C)C)c3c(=O)c2OCc2ccccc2)cc1. The molecule has 5 aromatic rings. The lowest BCUT2D eigenvalue weighted by molar-refractivity contribution is 0.295. The lowest BCUT2D eigenvalue weighted by atomic mass is 10.1. The van der Waals surface area contributed by atoms with Crippen LogP contribution in [0.4, 0.5) is 0 Å². The number of benzene rings is 4. The average Bonchev–Trinajstić information content (AvgIpc) is 3.00. The summed E-state index contributed by atoms with van der Waals surface area (Å²) in [5.41, 5.74) is 3.74. The van der Waals surface area contributed by atoms with E-state index in [0.717, 1.165) is 16.7 Å². The Morgan fingerprint density at radius 1 is 0.756 bits per heavy atom. The van der Waals surface area contributed by atoms with Gasteiger partial charge >= 0.3 is 0 Å². The Bertz CT molecular complexity index is 1680. The quantitative estimate of drug-likeness (QED) is 0.156. The second-order valence-electron chi connectivity index (χ2n) is 9.75. The number of allylic oxidation sites excluding steroid dienone is 1. The summed E-state index contributed by atoms with van der Waals surface area (Å²) in [4.78, 5) is 14.1. The number of hydrogen-bond donors (Lipinski definition) is 0. The Morgan fingerprint density at radius 2 is 1.39 bits per heavy atom. The van der Waals surface area contributed by atoms with Gasteiger partial charge in [0.2, 0.25) is 11.2 Å². The number of methoxy groups -OCH3 is 1. The first-order valence-electron chi connectivity index (χ1n) is 13.4. The molecule has 0 amide bonds. The Hall–Kier alpha value is -4.97. The van der Waals surface area contributed by atoms with E-state index in [-0.39, 0.29) is 17.8 Å². The standard InChI is InChI=1S/C35H32O6/c1-24(2)18-19-38-30-20-29(39-22-25-10-6-4-7-11-25)21-31-32(30)33(36)35(40-23-26-12-8-5-9-13-26)34(41-31)27-14-16-28(37-3)17-15-27/h4-18,20-21H,19,22-23H2,1-3H3. The molecule has 0 fully saturated rings. The third-order valence-electron chi connectivity index (χ3n) is 6.45. The van der Waals surface area contributed by atoms with Crippen molar-refractivity contribution in [2.24, 2.45) is 0 Å². The summed E-state index contributed by atoms with van der Waals surface area (Å²) in [5, 5.41) is 0.291. The molecule has 1 aromatic heterocycles. The lowest BCUT2D eigenvalue weighted by Crippen LogP contribution is -2.12. The zero-order valence-electron chi connectivity index (χ0n) is 23.4. The highest BCUT2D eigenvalue weighted by Crippen LogP contribution is 2.37. The van der Waals surface area contributed by atoms with Gasteiger partial charge < -0.3 is 23.4 Å². The fraction of sp³-hybridized carbons (Fsp3) is 0.171. The molecule has 0 saturated heterocycles. The molecule has 0 spiro atoms. The van der Waals surface area contributed by atoms with Gasteiger partial charge in [-0.3, -0.25) is 4.79 Å². The molecule has 208 valence electrons. The fourth-order valence-electron chi connectivity index (χ4n) is 4.27. The zero-order valence-corrected chi connectivity index (χ0v) is 23.4. The molecule has 0 aliphatic carbocycles. The van der Waals surface area contributed by atoms with Crippen LogP contribution in [-0.4, -0.2) is 13.7 Å². The molecule has 0 aliphatic rings. The van der Waals surface area contributed by atoms with Gasteiger partial charge in [0.05, 0.1) is 7.11 Å². The fourth-order valence-corrected chi connectivity index (χ4v) is 4.27. The highest BCUT2D eigenvalue weighted by molar-refractivity contribution is 5.88. The molecule has 6 nitrogen and oxygen atoms in total. The van der Waals surface area contributed by atoms with E-state index < -0.39 is 0 Å². The summed E-state index contributed by atoms with van der Waals surface area (Å²) in [7, 11) is 1.60. The topological polar surface area (TPSA) is 67.1 Å². The maximum atomic E-state index is 14.1. The Balaban J connectivity index is 1.63. The van der Waals surface area contributed by atoms with Crippen LogP contribution in [0.1, 0.15) is 25.0 Å². The number of hydrogen-bond acceptors (Lipinski definition) is 6. The highest BCUT2D eigenvalue weighted by atomic mass is 16.5. The second-order valence-corrected chi connectivity index (χ2v) is 9.75. The zero-order chi connectivity index (χ0) is 28.6. The van der Waals surface area contributed by atoms with Gasteiger partial charge in [0.25, 0.3) is 0 Å². The van der Waals surface area contributed by atoms with Crippen LogP contribution in [0.2, 0.25) is 0 Å². The van der Waals surface area contributed by atoms with Crippen LogP contribution in [-0.2, 0) is 13.2 Å². The molecule has 6 heteroatoms. The molecule has 0 saturated carbocycles. The smallest absolute Gasteiger partial charge is 0.239 e. The average molecular weight is 549 g/mol. The first-order valence-corrected chi connectivity index (χ1v) is 13.4. The molecule has 5 rings (SSSR count). The van der Waals surface area contributed by atoms with Crippen molar-refractivity contribution >= 4 is 11.0 Å². The van der Waals surface area contributed by atoms with Gasteiger partial charge in [-0.15, -0.1) is 0 Å². The van der Waals surface area contributed by atoms with Gasteiger partial charge in [0.1, 0.15) is 48.0 Å². The van der Waals surface area contributed by atoms with Crippen molar-refractivity contribution in [3.05, 3.63) is 130 Å². The van der Waals surface area contributed by atoms with Crippen LogP contribution in [0.25, 0.3) is 22.3 Å². The first-order chi connectivity index (χ1) is 20.0. The van der Waals surface area contributed by atoms with Gasteiger partial charge in [0, 0.05) is 17.7 Å². The molecule has 0 N–H and O–H groups in total. The number of ether oxygens (including phenoxy) is 4. The summed E-state index contributed by atoms with van der Waals surface area (Å²) in [6.07, 6.45) is 1.95. The third-order valence-corrected chi connectivity index (χ3v) is 6.45. The van der Waals surface area contributed by atoms with Crippen LogP contribution in [0.15, 0.2) is 118 Å².